The minimum Gasteiger partial charge on any atom is -0.393 e. The monoisotopic (exact) mass is 237 g/mol. The fourth-order valence-electron chi connectivity index (χ4n) is 1.62. The third kappa shape index (κ3) is 4.30. The van der Waals surface area contributed by atoms with E-state index in [0.29, 0.717) is 0 Å². The Morgan fingerprint density at radius 3 is 2.71 bits per heavy atom. The van der Waals surface area contributed by atoms with Gasteiger partial charge in [-0.05, 0) is 18.6 Å². The van der Waals surface area contributed by atoms with Crippen LogP contribution >= 0.6 is 0 Å². The van der Waals surface area contributed by atoms with Crippen molar-refractivity contribution >= 4 is 17.1 Å². The molecule has 3 N–H and O–H groups in total. The Balaban J connectivity index is 2.45. The average molecular weight is 237 g/mol. The van der Waals surface area contributed by atoms with Crippen LogP contribution in [0.5, 0.6) is 0 Å². The normalized spacial score (nSPS) is 10.2. The molecule has 0 atom stereocenters. The fraction of sp³-hybridized carbons (Fsp3) is 0.500. The van der Waals surface area contributed by atoms with E-state index in [9.17, 15) is 10.1 Å². The zero-order chi connectivity index (χ0) is 12.7. The van der Waals surface area contributed by atoms with E-state index in [1.165, 1.54) is 25.3 Å². The van der Waals surface area contributed by atoms with Gasteiger partial charge in [0.25, 0.3) is 5.69 Å². The number of benzene rings is 1. The van der Waals surface area contributed by atoms with Crippen molar-refractivity contribution in [2.75, 3.05) is 17.6 Å². The quantitative estimate of drug-likeness (QED) is 0.330. The van der Waals surface area contributed by atoms with Crippen LogP contribution in [0.1, 0.15) is 32.6 Å². The first-order chi connectivity index (χ1) is 8.15. The number of nitrogens with two attached hydrogens (primary N) is 1. The second-order valence-electron chi connectivity index (χ2n) is 4.02. The van der Waals surface area contributed by atoms with Crippen LogP contribution in [0.3, 0.4) is 0 Å². The van der Waals surface area contributed by atoms with E-state index in [1.54, 1.807) is 12.1 Å². The summed E-state index contributed by atoms with van der Waals surface area (Å²) >= 11 is 0. The lowest BCUT2D eigenvalue weighted by Crippen LogP contribution is -2.03. The summed E-state index contributed by atoms with van der Waals surface area (Å²) in [6.07, 6.45) is 4.76. The topological polar surface area (TPSA) is 81.2 Å². The second kappa shape index (κ2) is 6.73. The summed E-state index contributed by atoms with van der Waals surface area (Å²) in [5, 5.41) is 13.8. The van der Waals surface area contributed by atoms with E-state index in [4.69, 9.17) is 5.73 Å². The third-order valence-corrected chi connectivity index (χ3v) is 2.58. The van der Waals surface area contributed by atoms with Gasteiger partial charge in [-0.2, -0.15) is 0 Å². The Labute approximate surface area is 101 Å². The van der Waals surface area contributed by atoms with Crippen molar-refractivity contribution in [3.63, 3.8) is 0 Å². The molecule has 94 valence electrons. The van der Waals surface area contributed by atoms with Crippen LogP contribution in [0.2, 0.25) is 0 Å². The van der Waals surface area contributed by atoms with Gasteiger partial charge in [0.2, 0.25) is 0 Å². The SMILES string of the molecule is CCCCCCNc1ccc([N+](=O)[O-])c(N)c1. The summed E-state index contributed by atoms with van der Waals surface area (Å²) in [7, 11) is 0. The van der Waals surface area contributed by atoms with Crippen LogP contribution in [0.25, 0.3) is 0 Å². The highest BCUT2D eigenvalue weighted by molar-refractivity contribution is 5.65. The van der Waals surface area contributed by atoms with Gasteiger partial charge in [0.1, 0.15) is 5.69 Å². The minimum atomic E-state index is -0.472. The van der Waals surface area contributed by atoms with Gasteiger partial charge in [-0.15, -0.1) is 0 Å². The molecule has 1 aromatic rings. The molecular weight excluding hydrogens is 218 g/mol. The molecule has 0 aromatic heterocycles. The van der Waals surface area contributed by atoms with Crippen LogP contribution < -0.4 is 11.1 Å². The molecule has 0 bridgehead atoms. The van der Waals surface area contributed by atoms with Crippen molar-refractivity contribution in [2.24, 2.45) is 0 Å². The van der Waals surface area contributed by atoms with Gasteiger partial charge < -0.3 is 11.1 Å². The molecule has 1 aromatic carbocycles. The van der Waals surface area contributed by atoms with Crippen molar-refractivity contribution in [1.29, 1.82) is 0 Å². The summed E-state index contributed by atoms with van der Waals surface area (Å²) < 4.78 is 0. The Hall–Kier alpha value is -1.78. The summed E-state index contributed by atoms with van der Waals surface area (Å²) in [6, 6.07) is 4.73. The number of unbranched alkanes of at least 4 members (excludes halogenated alkanes) is 3. The van der Waals surface area contributed by atoms with Gasteiger partial charge >= 0.3 is 0 Å². The largest absolute Gasteiger partial charge is 0.393 e. The van der Waals surface area contributed by atoms with Crippen LogP contribution in [0, 0.1) is 10.1 Å². The van der Waals surface area contributed by atoms with E-state index < -0.39 is 4.92 Å². The molecule has 0 saturated carbocycles. The first-order valence-electron chi connectivity index (χ1n) is 5.93. The van der Waals surface area contributed by atoms with Gasteiger partial charge in [-0.1, -0.05) is 26.2 Å². The van der Waals surface area contributed by atoms with Crippen molar-refractivity contribution in [2.45, 2.75) is 32.6 Å². The van der Waals surface area contributed by atoms with Crippen molar-refractivity contribution in [3.05, 3.63) is 28.3 Å². The molecule has 0 saturated heterocycles. The standard InChI is InChI=1S/C12H19N3O2/c1-2-3-4-5-8-14-10-6-7-12(15(16)17)11(13)9-10/h6-7,9,14H,2-5,8,13H2,1H3. The Kier molecular flexibility index (Phi) is 5.26. The first kappa shape index (κ1) is 13.3. The van der Waals surface area contributed by atoms with Crippen LogP contribution in [0.4, 0.5) is 17.1 Å². The fourth-order valence-corrected chi connectivity index (χ4v) is 1.62. The first-order valence-corrected chi connectivity index (χ1v) is 5.93. The Bertz CT molecular complexity index is 380. The zero-order valence-electron chi connectivity index (χ0n) is 10.1. The molecule has 1 rings (SSSR count). The average Bonchev–Trinajstić information content (AvgIpc) is 2.28. The molecule has 0 spiro atoms. The summed E-state index contributed by atoms with van der Waals surface area (Å²) in [5.74, 6) is 0. The van der Waals surface area contributed by atoms with Crippen LogP contribution in [0.15, 0.2) is 18.2 Å². The minimum absolute atomic E-state index is 0.0402. The highest BCUT2D eigenvalue weighted by Gasteiger charge is 2.10. The lowest BCUT2D eigenvalue weighted by atomic mass is 10.2. The van der Waals surface area contributed by atoms with Gasteiger partial charge in [0.05, 0.1) is 4.92 Å². The highest BCUT2D eigenvalue weighted by Crippen LogP contribution is 2.24. The molecule has 0 aliphatic carbocycles. The van der Waals surface area contributed by atoms with E-state index >= 15 is 0 Å². The molecule has 0 radical (unpaired) electrons. The van der Waals surface area contributed by atoms with Crippen molar-refractivity contribution < 1.29 is 4.92 Å². The van der Waals surface area contributed by atoms with Crippen LogP contribution in [-0.4, -0.2) is 11.5 Å². The van der Waals surface area contributed by atoms with E-state index in [1.807, 2.05) is 0 Å². The maximum Gasteiger partial charge on any atom is 0.292 e. The Morgan fingerprint density at radius 2 is 2.12 bits per heavy atom. The number of nitro groups is 1. The number of hydrogen-bond donors (Lipinski definition) is 2. The Morgan fingerprint density at radius 1 is 1.35 bits per heavy atom. The highest BCUT2D eigenvalue weighted by atomic mass is 16.6. The second-order valence-corrected chi connectivity index (χ2v) is 4.02. The molecule has 0 fully saturated rings. The summed E-state index contributed by atoms with van der Waals surface area (Å²) in [4.78, 5) is 10.1. The molecule has 0 aliphatic heterocycles. The number of nitro benzene ring substituents is 1. The number of nitrogens with zero attached hydrogens (tertiary/aromatic N) is 1. The predicted molar refractivity (Wildman–Crippen MR) is 70.1 cm³/mol. The van der Waals surface area contributed by atoms with E-state index in [0.717, 1.165) is 18.7 Å². The predicted octanol–water partition coefficient (Wildman–Crippen LogP) is 3.17. The van der Waals surface area contributed by atoms with Gasteiger partial charge in [-0.3, -0.25) is 10.1 Å². The van der Waals surface area contributed by atoms with E-state index in [2.05, 4.69) is 12.2 Å². The van der Waals surface area contributed by atoms with Gasteiger partial charge in [-0.25, -0.2) is 0 Å². The van der Waals surface area contributed by atoms with Crippen molar-refractivity contribution in [1.82, 2.24) is 0 Å². The number of hydrogen-bond acceptors (Lipinski definition) is 4. The summed E-state index contributed by atoms with van der Waals surface area (Å²) in [5.41, 5.74) is 6.59. The molecule has 0 aliphatic rings. The molecule has 0 unspecified atom stereocenters. The third-order valence-electron chi connectivity index (χ3n) is 2.58. The van der Waals surface area contributed by atoms with Crippen molar-refractivity contribution in [3.8, 4) is 0 Å². The maximum absolute atomic E-state index is 10.6. The smallest absolute Gasteiger partial charge is 0.292 e. The van der Waals surface area contributed by atoms with Gasteiger partial charge in [0.15, 0.2) is 0 Å². The molecule has 0 heterocycles. The van der Waals surface area contributed by atoms with Gasteiger partial charge in [0, 0.05) is 18.3 Å². The molecule has 5 heteroatoms. The molecule has 0 amide bonds. The molecule has 17 heavy (non-hydrogen) atoms. The van der Waals surface area contributed by atoms with E-state index in [-0.39, 0.29) is 11.4 Å². The number of anilines is 2. The lowest BCUT2D eigenvalue weighted by Gasteiger charge is -2.06. The molecule has 5 nitrogen and oxygen atoms in total. The van der Waals surface area contributed by atoms with Crippen LogP contribution in [-0.2, 0) is 0 Å². The number of nitrogen functional groups attached to an aromatic ring is 1. The number of nitrogens with one attached hydrogen (secondary N) is 1. The zero-order valence-corrected chi connectivity index (χ0v) is 10.1. The summed E-state index contributed by atoms with van der Waals surface area (Å²) in [6.45, 7) is 3.04. The number of rotatable bonds is 7. The molecular formula is C12H19N3O2. The maximum atomic E-state index is 10.6. The lowest BCUT2D eigenvalue weighted by molar-refractivity contribution is -0.383.